The summed E-state index contributed by atoms with van der Waals surface area (Å²) in [5.74, 6) is 0. The SMILES string of the molecule is CCOC(C)O[C@@H]1CO[C@H]2[C@@H]1OC[C@@H]2SC(C)=O. The van der Waals surface area contributed by atoms with Crippen LogP contribution in [0.5, 0.6) is 0 Å². The lowest BCUT2D eigenvalue weighted by Crippen LogP contribution is -2.35. The summed E-state index contributed by atoms with van der Waals surface area (Å²) in [5, 5.41) is 0.184. The summed E-state index contributed by atoms with van der Waals surface area (Å²) < 4.78 is 22.5. The Bertz CT molecular complexity index is 298. The van der Waals surface area contributed by atoms with Gasteiger partial charge in [-0.05, 0) is 13.8 Å². The summed E-state index contributed by atoms with van der Waals surface area (Å²) >= 11 is 1.29. The van der Waals surface area contributed by atoms with Crippen LogP contribution in [0.4, 0.5) is 0 Å². The van der Waals surface area contributed by atoms with Crippen LogP contribution < -0.4 is 0 Å². The Hall–Kier alpha value is -0.140. The Balaban J connectivity index is 1.86. The van der Waals surface area contributed by atoms with E-state index in [1.165, 1.54) is 11.8 Å². The van der Waals surface area contributed by atoms with Crippen LogP contribution >= 0.6 is 11.8 Å². The Kier molecular flexibility index (Phi) is 5.03. The minimum Gasteiger partial charge on any atom is -0.371 e. The van der Waals surface area contributed by atoms with Crippen LogP contribution in [-0.4, -0.2) is 54.8 Å². The van der Waals surface area contributed by atoms with E-state index < -0.39 is 0 Å². The molecule has 0 N–H and O–H groups in total. The van der Waals surface area contributed by atoms with Crippen molar-refractivity contribution in [1.82, 2.24) is 0 Å². The highest BCUT2D eigenvalue weighted by atomic mass is 32.2. The molecule has 0 bridgehead atoms. The average molecular weight is 276 g/mol. The van der Waals surface area contributed by atoms with E-state index in [0.717, 1.165) is 0 Å². The maximum absolute atomic E-state index is 11.1. The average Bonchev–Trinajstić information content (AvgIpc) is 2.83. The summed E-state index contributed by atoms with van der Waals surface area (Å²) in [6.45, 7) is 7.03. The van der Waals surface area contributed by atoms with Crippen molar-refractivity contribution in [3.8, 4) is 0 Å². The van der Waals surface area contributed by atoms with E-state index in [9.17, 15) is 4.79 Å². The third kappa shape index (κ3) is 3.24. The lowest BCUT2D eigenvalue weighted by atomic mass is 10.1. The third-order valence-corrected chi connectivity index (χ3v) is 4.09. The van der Waals surface area contributed by atoms with Crippen molar-refractivity contribution in [3.05, 3.63) is 0 Å². The molecule has 0 radical (unpaired) electrons. The molecule has 0 spiro atoms. The molecule has 2 aliphatic rings. The second-order valence-electron chi connectivity index (χ2n) is 4.44. The molecule has 5 nitrogen and oxygen atoms in total. The molecule has 0 aliphatic carbocycles. The molecular formula is C12H20O5S. The van der Waals surface area contributed by atoms with Crippen LogP contribution in [0.25, 0.3) is 0 Å². The number of carbonyl (C=O) groups excluding carboxylic acids is 1. The van der Waals surface area contributed by atoms with Crippen LogP contribution in [-0.2, 0) is 23.7 Å². The van der Waals surface area contributed by atoms with Crippen LogP contribution in [0.3, 0.4) is 0 Å². The van der Waals surface area contributed by atoms with Gasteiger partial charge in [0.25, 0.3) is 0 Å². The van der Waals surface area contributed by atoms with E-state index in [0.29, 0.717) is 19.8 Å². The van der Waals surface area contributed by atoms with Gasteiger partial charge in [0, 0.05) is 13.5 Å². The van der Waals surface area contributed by atoms with Gasteiger partial charge < -0.3 is 18.9 Å². The standard InChI is InChI=1S/C12H20O5S/c1-4-14-8(3)17-9-5-15-12-10(18-7(2)13)6-16-11(9)12/h8-12H,4-6H2,1-3H3/t8?,9-,10+,11-,12-/m1/s1. The lowest BCUT2D eigenvalue weighted by molar-refractivity contribution is -0.175. The zero-order valence-electron chi connectivity index (χ0n) is 11.0. The van der Waals surface area contributed by atoms with Gasteiger partial charge in [0.1, 0.15) is 18.3 Å². The fourth-order valence-corrected chi connectivity index (χ4v) is 3.32. The normalized spacial score (nSPS) is 36.6. The summed E-state index contributed by atoms with van der Waals surface area (Å²) in [7, 11) is 0. The quantitative estimate of drug-likeness (QED) is 0.703. The van der Waals surface area contributed by atoms with Gasteiger partial charge in [0.05, 0.1) is 18.5 Å². The molecule has 2 heterocycles. The Morgan fingerprint density at radius 1 is 1.39 bits per heavy atom. The van der Waals surface area contributed by atoms with Gasteiger partial charge in [-0.3, -0.25) is 4.79 Å². The van der Waals surface area contributed by atoms with Gasteiger partial charge in [-0.1, -0.05) is 11.8 Å². The van der Waals surface area contributed by atoms with E-state index in [1.54, 1.807) is 6.92 Å². The number of hydrogen-bond donors (Lipinski definition) is 0. The molecule has 2 fully saturated rings. The van der Waals surface area contributed by atoms with Crippen LogP contribution in [0.2, 0.25) is 0 Å². The smallest absolute Gasteiger partial charge is 0.186 e. The van der Waals surface area contributed by atoms with Gasteiger partial charge in [0.2, 0.25) is 0 Å². The predicted molar refractivity (Wildman–Crippen MR) is 67.5 cm³/mol. The van der Waals surface area contributed by atoms with Crippen LogP contribution in [0, 0.1) is 0 Å². The molecule has 0 aromatic rings. The van der Waals surface area contributed by atoms with E-state index in [-0.39, 0.29) is 35.0 Å². The number of thioether (sulfide) groups is 1. The highest BCUT2D eigenvalue weighted by molar-refractivity contribution is 8.14. The first-order valence-electron chi connectivity index (χ1n) is 6.29. The molecule has 5 atom stereocenters. The Labute approximate surface area is 111 Å². The highest BCUT2D eigenvalue weighted by Gasteiger charge is 2.49. The van der Waals surface area contributed by atoms with Crippen molar-refractivity contribution in [1.29, 1.82) is 0 Å². The van der Waals surface area contributed by atoms with Gasteiger partial charge in [-0.25, -0.2) is 0 Å². The summed E-state index contributed by atoms with van der Waals surface area (Å²) in [6.07, 6.45) is -0.484. The second-order valence-corrected chi connectivity index (χ2v) is 5.86. The van der Waals surface area contributed by atoms with Crippen LogP contribution in [0.1, 0.15) is 20.8 Å². The monoisotopic (exact) mass is 276 g/mol. The largest absolute Gasteiger partial charge is 0.371 e. The maximum Gasteiger partial charge on any atom is 0.186 e. The maximum atomic E-state index is 11.1. The van der Waals surface area contributed by atoms with E-state index in [4.69, 9.17) is 18.9 Å². The number of fused-ring (bicyclic) bond motifs is 1. The molecule has 0 aromatic carbocycles. The van der Waals surface area contributed by atoms with Crippen molar-refractivity contribution in [3.63, 3.8) is 0 Å². The third-order valence-electron chi connectivity index (χ3n) is 3.05. The first-order chi connectivity index (χ1) is 8.61. The summed E-state index contributed by atoms with van der Waals surface area (Å²) in [5.41, 5.74) is 0. The van der Waals surface area contributed by atoms with E-state index in [1.807, 2.05) is 13.8 Å². The molecule has 2 rings (SSSR count). The summed E-state index contributed by atoms with van der Waals surface area (Å²) in [4.78, 5) is 11.1. The number of hydrogen-bond acceptors (Lipinski definition) is 6. The molecule has 1 unspecified atom stereocenters. The van der Waals surface area contributed by atoms with Gasteiger partial charge in [-0.15, -0.1) is 0 Å². The molecule has 104 valence electrons. The molecule has 0 aromatic heterocycles. The van der Waals surface area contributed by atoms with Gasteiger partial charge >= 0.3 is 0 Å². The molecular weight excluding hydrogens is 256 g/mol. The Morgan fingerprint density at radius 3 is 2.78 bits per heavy atom. The molecule has 2 saturated heterocycles. The fourth-order valence-electron chi connectivity index (χ4n) is 2.38. The Morgan fingerprint density at radius 2 is 2.11 bits per heavy atom. The van der Waals surface area contributed by atoms with Crippen molar-refractivity contribution < 1.29 is 23.7 Å². The second kappa shape index (κ2) is 6.34. The first kappa shape index (κ1) is 14.3. The first-order valence-corrected chi connectivity index (χ1v) is 7.17. The minimum absolute atomic E-state index is 0.0438. The topological polar surface area (TPSA) is 54.0 Å². The number of ether oxygens (including phenoxy) is 4. The predicted octanol–water partition coefficient (Wildman–Crippen LogP) is 1.20. The van der Waals surface area contributed by atoms with Crippen LogP contribution in [0.15, 0.2) is 0 Å². The van der Waals surface area contributed by atoms with Crippen molar-refractivity contribution >= 4 is 16.9 Å². The summed E-state index contributed by atoms with van der Waals surface area (Å²) in [6, 6.07) is 0. The highest BCUT2D eigenvalue weighted by Crippen LogP contribution is 2.35. The molecule has 6 heteroatoms. The van der Waals surface area contributed by atoms with Gasteiger partial charge in [-0.2, -0.15) is 0 Å². The molecule has 0 amide bonds. The molecule has 0 saturated carbocycles. The van der Waals surface area contributed by atoms with Crippen molar-refractivity contribution in [2.75, 3.05) is 19.8 Å². The zero-order valence-corrected chi connectivity index (χ0v) is 11.8. The van der Waals surface area contributed by atoms with E-state index >= 15 is 0 Å². The molecule has 18 heavy (non-hydrogen) atoms. The lowest BCUT2D eigenvalue weighted by Gasteiger charge is -2.21. The molecule has 2 aliphatic heterocycles. The zero-order chi connectivity index (χ0) is 13.1. The minimum atomic E-state index is -0.259. The van der Waals surface area contributed by atoms with Gasteiger partial charge in [0.15, 0.2) is 11.4 Å². The number of carbonyl (C=O) groups is 1. The van der Waals surface area contributed by atoms with Crippen molar-refractivity contribution in [2.45, 2.75) is 50.6 Å². The van der Waals surface area contributed by atoms with Crippen molar-refractivity contribution in [2.24, 2.45) is 0 Å². The number of rotatable bonds is 5. The fraction of sp³-hybridized carbons (Fsp3) is 0.917. The van der Waals surface area contributed by atoms with E-state index in [2.05, 4.69) is 0 Å².